The van der Waals surface area contributed by atoms with Gasteiger partial charge in [0.05, 0.1) is 22.9 Å². The van der Waals surface area contributed by atoms with Gasteiger partial charge in [0.25, 0.3) is 0 Å². The summed E-state index contributed by atoms with van der Waals surface area (Å²) in [6.07, 6.45) is 2.99. The zero-order valence-electron chi connectivity index (χ0n) is 16.4. The molecule has 7 heteroatoms. The topological polar surface area (TPSA) is 52.8 Å². The highest BCUT2D eigenvalue weighted by Crippen LogP contribution is 2.36. The molecule has 148 valence electrons. The number of ether oxygens (including phenoxy) is 2. The molecule has 0 radical (unpaired) electrons. The Morgan fingerprint density at radius 3 is 2.61 bits per heavy atom. The van der Waals surface area contributed by atoms with E-state index in [0.29, 0.717) is 20.7 Å². The summed E-state index contributed by atoms with van der Waals surface area (Å²) in [5, 5.41) is 0.648. The summed E-state index contributed by atoms with van der Waals surface area (Å²) >= 11 is 9.76. The molecule has 0 saturated carbocycles. The maximum Gasteiger partial charge on any atom is 0.339 e. The molecule has 0 bridgehead atoms. The third-order valence-electron chi connectivity index (χ3n) is 4.19. The lowest BCUT2D eigenvalue weighted by Gasteiger charge is -2.27. The summed E-state index contributed by atoms with van der Waals surface area (Å²) < 4.78 is 13.6. The van der Waals surface area contributed by atoms with Crippen molar-refractivity contribution in [3.63, 3.8) is 0 Å². The molecule has 3 rings (SSSR count). The largest absolute Gasteiger partial charge is 0.467 e. The Balaban J connectivity index is 2.17. The Labute approximate surface area is 177 Å². The molecular weight excluding hydrogens is 444 g/mol. The average Bonchev–Trinajstić information content (AvgIpc) is 3.03. The highest BCUT2D eigenvalue weighted by Gasteiger charge is 2.32. The molecule has 1 atom stereocenters. The van der Waals surface area contributed by atoms with Crippen LogP contribution in [0.2, 0.25) is 5.02 Å². The number of hydrogen-bond donors (Lipinski definition) is 0. The van der Waals surface area contributed by atoms with Crippen LogP contribution >= 0.6 is 27.5 Å². The first-order valence-electron chi connectivity index (χ1n) is 8.80. The van der Waals surface area contributed by atoms with Gasteiger partial charge in [-0.15, -0.1) is 0 Å². The second-order valence-electron chi connectivity index (χ2n) is 7.54. The Morgan fingerprint density at radius 1 is 1.29 bits per heavy atom. The highest BCUT2D eigenvalue weighted by atomic mass is 79.9. The molecule has 0 amide bonds. The SMILES string of the molecule is COC(=O)C(OC(C)(C)C)c1c(C)cn2cc(-c3cccc(Cl)c3)nc2c1Br. The van der Waals surface area contributed by atoms with E-state index in [9.17, 15) is 4.79 Å². The Morgan fingerprint density at radius 2 is 2.00 bits per heavy atom. The van der Waals surface area contributed by atoms with Crippen LogP contribution in [-0.2, 0) is 14.3 Å². The first-order valence-corrected chi connectivity index (χ1v) is 9.97. The molecule has 0 saturated heterocycles. The van der Waals surface area contributed by atoms with Gasteiger partial charge in [0.15, 0.2) is 11.8 Å². The van der Waals surface area contributed by atoms with E-state index in [-0.39, 0.29) is 0 Å². The van der Waals surface area contributed by atoms with E-state index in [1.165, 1.54) is 7.11 Å². The monoisotopic (exact) mass is 464 g/mol. The number of benzene rings is 1. The van der Waals surface area contributed by atoms with Crippen LogP contribution in [0.15, 0.2) is 41.1 Å². The van der Waals surface area contributed by atoms with E-state index in [1.54, 1.807) is 0 Å². The molecule has 2 heterocycles. The van der Waals surface area contributed by atoms with Crippen molar-refractivity contribution in [2.75, 3.05) is 7.11 Å². The number of aromatic nitrogens is 2. The maximum absolute atomic E-state index is 12.5. The van der Waals surface area contributed by atoms with Crippen LogP contribution in [0.3, 0.4) is 0 Å². The predicted molar refractivity (Wildman–Crippen MR) is 114 cm³/mol. The minimum Gasteiger partial charge on any atom is -0.467 e. The molecule has 5 nitrogen and oxygen atoms in total. The van der Waals surface area contributed by atoms with Gasteiger partial charge in [0.2, 0.25) is 0 Å². The normalized spacial score (nSPS) is 13.0. The van der Waals surface area contributed by atoms with Gasteiger partial charge in [-0.05, 0) is 61.3 Å². The fraction of sp³-hybridized carbons (Fsp3) is 0.333. The van der Waals surface area contributed by atoms with E-state index in [4.69, 9.17) is 26.1 Å². The Bertz CT molecular complexity index is 1040. The number of nitrogens with zero attached hydrogens (tertiary/aromatic N) is 2. The second kappa shape index (κ2) is 7.85. The first-order chi connectivity index (χ1) is 13.1. The van der Waals surface area contributed by atoms with Crippen molar-refractivity contribution in [1.29, 1.82) is 0 Å². The van der Waals surface area contributed by atoms with Gasteiger partial charge in [0, 0.05) is 28.5 Å². The molecule has 0 aliphatic carbocycles. The number of fused-ring (bicyclic) bond motifs is 1. The summed E-state index contributed by atoms with van der Waals surface area (Å²) in [5.41, 5.74) is 3.44. The highest BCUT2D eigenvalue weighted by molar-refractivity contribution is 9.10. The van der Waals surface area contributed by atoms with Gasteiger partial charge in [-0.2, -0.15) is 0 Å². The number of methoxy groups -OCH3 is 1. The molecule has 0 aliphatic rings. The van der Waals surface area contributed by atoms with E-state index in [1.807, 2.05) is 68.8 Å². The number of imidazole rings is 1. The first kappa shape index (κ1) is 20.8. The third kappa shape index (κ3) is 4.24. The zero-order valence-corrected chi connectivity index (χ0v) is 18.8. The summed E-state index contributed by atoms with van der Waals surface area (Å²) in [7, 11) is 1.36. The molecule has 0 spiro atoms. The van der Waals surface area contributed by atoms with Crippen LogP contribution in [0.1, 0.15) is 38.0 Å². The summed E-state index contributed by atoms with van der Waals surface area (Å²) in [6, 6.07) is 7.53. The lowest BCUT2D eigenvalue weighted by atomic mass is 10.0. The zero-order chi connectivity index (χ0) is 20.6. The van der Waals surface area contributed by atoms with Crippen LogP contribution in [0.5, 0.6) is 0 Å². The number of aryl methyl sites for hydroxylation is 1. The third-order valence-corrected chi connectivity index (χ3v) is 5.21. The van der Waals surface area contributed by atoms with Gasteiger partial charge in [-0.25, -0.2) is 9.78 Å². The van der Waals surface area contributed by atoms with Gasteiger partial charge < -0.3 is 13.9 Å². The van der Waals surface area contributed by atoms with Crippen molar-refractivity contribution in [1.82, 2.24) is 9.38 Å². The van der Waals surface area contributed by atoms with Crippen molar-refractivity contribution in [2.24, 2.45) is 0 Å². The predicted octanol–water partition coefficient (Wildman–Crippen LogP) is 5.75. The number of pyridine rings is 1. The minimum absolute atomic E-state index is 0.454. The van der Waals surface area contributed by atoms with Crippen LogP contribution < -0.4 is 0 Å². The van der Waals surface area contributed by atoms with Crippen molar-refractivity contribution < 1.29 is 14.3 Å². The molecular formula is C21H22BrClN2O3. The number of carbonyl (C=O) groups excluding carboxylic acids is 1. The van der Waals surface area contributed by atoms with Crippen molar-refractivity contribution >= 4 is 39.1 Å². The van der Waals surface area contributed by atoms with Crippen LogP contribution in [0.4, 0.5) is 0 Å². The van der Waals surface area contributed by atoms with Crippen LogP contribution in [0, 0.1) is 6.92 Å². The number of halogens is 2. The average molecular weight is 466 g/mol. The number of carbonyl (C=O) groups is 1. The number of rotatable bonds is 4. The fourth-order valence-corrected chi connectivity index (χ4v) is 4.02. The summed E-state index contributed by atoms with van der Waals surface area (Å²) in [6.45, 7) is 7.63. The molecule has 0 N–H and O–H groups in total. The van der Waals surface area contributed by atoms with Gasteiger partial charge in [0.1, 0.15) is 0 Å². The standard InChI is InChI=1S/C21H22BrClN2O3/c1-12-10-25-11-15(13-7-6-8-14(23)9-13)24-19(25)17(22)16(12)18(20(26)27-5)28-21(2,3)4/h6-11,18H,1-5H3. The molecule has 1 unspecified atom stereocenters. The van der Waals surface area contributed by atoms with Gasteiger partial charge in [-0.1, -0.05) is 23.7 Å². The minimum atomic E-state index is -0.865. The Hall–Kier alpha value is -1.89. The van der Waals surface area contributed by atoms with Crippen molar-refractivity contribution in [2.45, 2.75) is 39.4 Å². The second-order valence-corrected chi connectivity index (χ2v) is 8.77. The molecule has 0 aliphatic heterocycles. The number of hydrogen-bond acceptors (Lipinski definition) is 4. The molecule has 0 fully saturated rings. The lowest BCUT2D eigenvalue weighted by molar-refractivity contribution is -0.164. The van der Waals surface area contributed by atoms with Crippen LogP contribution in [-0.4, -0.2) is 28.1 Å². The maximum atomic E-state index is 12.5. The molecule has 2 aromatic heterocycles. The van der Waals surface area contributed by atoms with Gasteiger partial charge in [-0.3, -0.25) is 0 Å². The summed E-state index contributed by atoms with van der Waals surface area (Å²) in [4.78, 5) is 17.2. The molecule has 28 heavy (non-hydrogen) atoms. The fourth-order valence-electron chi connectivity index (χ4n) is 3.02. The lowest BCUT2D eigenvalue weighted by Crippen LogP contribution is -2.29. The molecule has 1 aromatic carbocycles. The van der Waals surface area contributed by atoms with Crippen LogP contribution in [0.25, 0.3) is 16.9 Å². The smallest absolute Gasteiger partial charge is 0.339 e. The quantitative estimate of drug-likeness (QED) is 0.460. The van der Waals surface area contributed by atoms with Crippen molar-refractivity contribution in [3.05, 3.63) is 57.3 Å². The molecule has 3 aromatic rings. The Kier molecular flexibility index (Phi) is 5.84. The number of esters is 1. The van der Waals surface area contributed by atoms with Crippen molar-refractivity contribution in [3.8, 4) is 11.3 Å². The van der Waals surface area contributed by atoms with E-state index >= 15 is 0 Å². The summed E-state index contributed by atoms with van der Waals surface area (Å²) in [5.74, 6) is -0.454. The van der Waals surface area contributed by atoms with E-state index in [2.05, 4.69) is 15.9 Å². The van der Waals surface area contributed by atoms with E-state index in [0.717, 1.165) is 16.8 Å². The van der Waals surface area contributed by atoms with E-state index < -0.39 is 17.7 Å². The van der Waals surface area contributed by atoms with Gasteiger partial charge >= 0.3 is 5.97 Å².